The Kier molecular flexibility index (Phi) is 5.67. The fraction of sp³-hybridized carbons (Fsp3) is 0.0870. The average molecular weight is 455 g/mol. The van der Waals surface area contributed by atoms with Gasteiger partial charge in [-0.3, -0.25) is 14.4 Å². The van der Waals surface area contributed by atoms with Crippen LogP contribution in [-0.4, -0.2) is 24.3 Å². The summed E-state index contributed by atoms with van der Waals surface area (Å²) in [4.78, 5) is 38.6. The maximum atomic E-state index is 12.6. The third-order valence-corrected chi connectivity index (χ3v) is 5.32. The van der Waals surface area contributed by atoms with Crippen molar-refractivity contribution in [3.63, 3.8) is 0 Å². The number of imide groups is 1. The van der Waals surface area contributed by atoms with Crippen LogP contribution in [0.3, 0.4) is 0 Å². The van der Waals surface area contributed by atoms with Gasteiger partial charge in [0, 0.05) is 5.02 Å². The molecule has 0 atom stereocenters. The Hall–Kier alpha value is -3.35. The highest BCUT2D eigenvalue weighted by Gasteiger charge is 2.36. The van der Waals surface area contributed by atoms with Crippen LogP contribution in [0.25, 0.3) is 0 Å². The van der Waals surface area contributed by atoms with Crippen LogP contribution in [-0.2, 0) is 4.79 Å². The number of hydrogen-bond acceptors (Lipinski definition) is 4. The van der Waals surface area contributed by atoms with Crippen molar-refractivity contribution in [1.82, 2.24) is 0 Å². The highest BCUT2D eigenvalue weighted by molar-refractivity contribution is 6.36. The lowest BCUT2D eigenvalue weighted by Crippen LogP contribution is -2.29. The fourth-order valence-corrected chi connectivity index (χ4v) is 3.72. The Labute approximate surface area is 188 Å². The van der Waals surface area contributed by atoms with E-state index in [4.69, 9.17) is 27.9 Å². The smallest absolute Gasteiger partial charge is 0.266 e. The highest BCUT2D eigenvalue weighted by Crippen LogP contribution is 2.33. The Morgan fingerprint density at radius 2 is 1.65 bits per heavy atom. The summed E-state index contributed by atoms with van der Waals surface area (Å²) in [5.41, 5.74) is 2.15. The third kappa shape index (κ3) is 4.13. The molecule has 0 aliphatic carbocycles. The molecular weight excluding hydrogens is 439 g/mol. The van der Waals surface area contributed by atoms with E-state index in [1.54, 1.807) is 48.5 Å². The van der Waals surface area contributed by atoms with Crippen molar-refractivity contribution in [1.29, 1.82) is 0 Å². The average Bonchev–Trinajstić information content (AvgIpc) is 2.99. The molecule has 8 heteroatoms. The minimum atomic E-state index is -0.416. The van der Waals surface area contributed by atoms with Crippen LogP contribution in [0, 0.1) is 6.92 Å². The van der Waals surface area contributed by atoms with Crippen molar-refractivity contribution >= 4 is 52.3 Å². The number of hydrogen-bond donors (Lipinski definition) is 1. The maximum Gasteiger partial charge on any atom is 0.266 e. The predicted octanol–water partition coefficient (Wildman–Crippen LogP) is 5.12. The molecule has 156 valence electrons. The second kappa shape index (κ2) is 8.41. The quantitative estimate of drug-likeness (QED) is 0.542. The van der Waals surface area contributed by atoms with Crippen LogP contribution in [0.15, 0.2) is 60.7 Å². The second-order valence-corrected chi connectivity index (χ2v) is 7.75. The summed E-state index contributed by atoms with van der Waals surface area (Å²) in [6, 6.07) is 16.3. The first kappa shape index (κ1) is 20.9. The Morgan fingerprint density at radius 1 is 0.968 bits per heavy atom. The molecule has 3 aromatic carbocycles. The summed E-state index contributed by atoms with van der Waals surface area (Å²) in [6.45, 7) is 1.60. The van der Waals surface area contributed by atoms with Crippen LogP contribution in [0.2, 0.25) is 10.0 Å². The molecule has 0 spiro atoms. The molecule has 3 aromatic rings. The number of amides is 3. The van der Waals surface area contributed by atoms with E-state index in [9.17, 15) is 14.4 Å². The SMILES string of the molecule is Cc1cc(Cl)ccc1OCC(=O)Nc1ccc(N2C(=O)c3ccccc3C2=O)cc1Cl. The first-order valence-corrected chi connectivity index (χ1v) is 10.1. The molecule has 1 aliphatic rings. The zero-order valence-electron chi connectivity index (χ0n) is 16.3. The van der Waals surface area contributed by atoms with E-state index in [0.29, 0.717) is 33.3 Å². The van der Waals surface area contributed by atoms with Gasteiger partial charge in [-0.05, 0) is 61.0 Å². The molecule has 3 amide bonds. The summed E-state index contributed by atoms with van der Waals surface area (Å²) in [7, 11) is 0. The highest BCUT2D eigenvalue weighted by atomic mass is 35.5. The molecule has 1 heterocycles. The van der Waals surface area contributed by atoms with Crippen molar-refractivity contribution in [2.45, 2.75) is 6.92 Å². The number of carbonyl (C=O) groups is 3. The maximum absolute atomic E-state index is 12.6. The molecule has 0 saturated carbocycles. The lowest BCUT2D eigenvalue weighted by atomic mass is 10.1. The fourth-order valence-electron chi connectivity index (χ4n) is 3.27. The minimum absolute atomic E-state index is 0.185. The number of benzene rings is 3. The first-order valence-electron chi connectivity index (χ1n) is 9.31. The van der Waals surface area contributed by atoms with Gasteiger partial charge in [0.1, 0.15) is 5.75 Å². The monoisotopic (exact) mass is 454 g/mol. The van der Waals surface area contributed by atoms with E-state index in [-0.39, 0.29) is 11.6 Å². The van der Waals surface area contributed by atoms with E-state index in [2.05, 4.69) is 5.32 Å². The van der Waals surface area contributed by atoms with Gasteiger partial charge < -0.3 is 10.1 Å². The summed E-state index contributed by atoms with van der Waals surface area (Å²) in [5, 5.41) is 3.43. The second-order valence-electron chi connectivity index (χ2n) is 6.90. The first-order chi connectivity index (χ1) is 14.8. The number of carbonyl (C=O) groups excluding carboxylic acids is 3. The van der Waals surface area contributed by atoms with Crippen molar-refractivity contribution in [3.8, 4) is 5.75 Å². The number of ether oxygens (including phenoxy) is 1. The van der Waals surface area contributed by atoms with Crippen LogP contribution >= 0.6 is 23.2 Å². The molecule has 4 rings (SSSR count). The normalized spacial score (nSPS) is 12.7. The number of anilines is 2. The summed E-state index contributed by atoms with van der Waals surface area (Å²) < 4.78 is 5.52. The number of nitrogens with one attached hydrogen (secondary N) is 1. The molecule has 6 nitrogen and oxygen atoms in total. The van der Waals surface area contributed by atoms with Gasteiger partial charge in [-0.1, -0.05) is 35.3 Å². The lowest BCUT2D eigenvalue weighted by Gasteiger charge is -2.16. The summed E-state index contributed by atoms with van der Waals surface area (Å²) >= 11 is 12.2. The number of nitrogens with zero attached hydrogens (tertiary/aromatic N) is 1. The van der Waals surface area contributed by atoms with Crippen LogP contribution < -0.4 is 15.0 Å². The van der Waals surface area contributed by atoms with E-state index < -0.39 is 17.7 Å². The molecule has 0 bridgehead atoms. The molecular formula is C23H16Cl2N2O4. The number of aryl methyl sites for hydroxylation is 1. The number of rotatable bonds is 5. The van der Waals surface area contributed by atoms with E-state index in [1.165, 1.54) is 12.1 Å². The minimum Gasteiger partial charge on any atom is -0.483 e. The third-order valence-electron chi connectivity index (χ3n) is 4.77. The van der Waals surface area contributed by atoms with E-state index in [0.717, 1.165) is 10.5 Å². The van der Waals surface area contributed by atoms with Gasteiger partial charge in [0.05, 0.1) is 27.5 Å². The van der Waals surface area contributed by atoms with E-state index >= 15 is 0 Å². The van der Waals surface area contributed by atoms with E-state index in [1.807, 2.05) is 6.92 Å². The van der Waals surface area contributed by atoms with Gasteiger partial charge >= 0.3 is 0 Å². The lowest BCUT2D eigenvalue weighted by molar-refractivity contribution is -0.118. The molecule has 0 aromatic heterocycles. The Bertz CT molecular complexity index is 1190. The number of fused-ring (bicyclic) bond motifs is 1. The zero-order valence-corrected chi connectivity index (χ0v) is 17.8. The molecule has 1 aliphatic heterocycles. The standard InChI is InChI=1S/C23H16Cl2N2O4/c1-13-10-14(24)6-9-20(13)31-12-21(28)26-19-8-7-15(11-18(19)25)27-22(29)16-4-2-3-5-17(16)23(27)30/h2-11H,12H2,1H3,(H,26,28). The summed E-state index contributed by atoms with van der Waals surface area (Å²) in [6.07, 6.45) is 0. The molecule has 1 N–H and O–H groups in total. The Morgan fingerprint density at radius 3 is 2.26 bits per heavy atom. The van der Waals surface area contributed by atoms with Gasteiger partial charge in [-0.25, -0.2) is 4.90 Å². The van der Waals surface area contributed by atoms with Crippen molar-refractivity contribution in [2.75, 3.05) is 16.8 Å². The molecule has 0 unspecified atom stereocenters. The summed E-state index contributed by atoms with van der Waals surface area (Å²) in [5.74, 6) is -0.697. The van der Waals surface area contributed by atoms with Crippen molar-refractivity contribution in [3.05, 3.63) is 87.4 Å². The zero-order chi connectivity index (χ0) is 22.1. The van der Waals surface area contributed by atoms with Crippen molar-refractivity contribution in [2.24, 2.45) is 0 Å². The predicted molar refractivity (Wildman–Crippen MR) is 119 cm³/mol. The van der Waals surface area contributed by atoms with Crippen LogP contribution in [0.4, 0.5) is 11.4 Å². The molecule has 31 heavy (non-hydrogen) atoms. The number of halogens is 2. The van der Waals surface area contributed by atoms with Crippen LogP contribution in [0.5, 0.6) is 5.75 Å². The molecule has 0 radical (unpaired) electrons. The van der Waals surface area contributed by atoms with Gasteiger partial charge in [0.15, 0.2) is 6.61 Å². The Balaban J connectivity index is 1.45. The van der Waals surface area contributed by atoms with Crippen molar-refractivity contribution < 1.29 is 19.1 Å². The van der Waals surface area contributed by atoms with Gasteiger partial charge in [0.2, 0.25) is 0 Å². The van der Waals surface area contributed by atoms with Crippen LogP contribution in [0.1, 0.15) is 26.3 Å². The van der Waals surface area contributed by atoms with Gasteiger partial charge in [-0.15, -0.1) is 0 Å². The molecule has 0 fully saturated rings. The molecule has 0 saturated heterocycles. The topological polar surface area (TPSA) is 75.7 Å². The van der Waals surface area contributed by atoms with Gasteiger partial charge in [-0.2, -0.15) is 0 Å². The largest absolute Gasteiger partial charge is 0.483 e. The van der Waals surface area contributed by atoms with Gasteiger partial charge in [0.25, 0.3) is 17.7 Å².